The van der Waals surface area contributed by atoms with E-state index in [1.165, 1.54) is 21.4 Å². The third-order valence-corrected chi connectivity index (χ3v) is 7.47. The second-order valence-corrected chi connectivity index (χ2v) is 8.35. The van der Waals surface area contributed by atoms with Gasteiger partial charge in [-0.1, -0.05) is 13.8 Å². The van der Waals surface area contributed by atoms with Crippen LogP contribution >= 0.6 is 34.9 Å². The van der Waals surface area contributed by atoms with Crippen LogP contribution < -0.4 is 5.32 Å². The molecule has 0 amide bonds. The summed E-state index contributed by atoms with van der Waals surface area (Å²) in [6.45, 7) is 6.97. The molecule has 0 radical (unpaired) electrons. The third kappa shape index (κ3) is 4.11. The molecular formula is C13H22N2OS3. The van der Waals surface area contributed by atoms with E-state index in [-0.39, 0.29) is 0 Å². The van der Waals surface area contributed by atoms with Crippen molar-refractivity contribution in [2.24, 2.45) is 0 Å². The number of nitrogens with one attached hydrogen (secondary N) is 1. The Morgan fingerprint density at radius 3 is 2.84 bits per heavy atom. The van der Waals surface area contributed by atoms with Gasteiger partial charge in [0.05, 0.1) is 17.6 Å². The highest BCUT2D eigenvalue weighted by Crippen LogP contribution is 2.44. The van der Waals surface area contributed by atoms with Crippen LogP contribution in [0.4, 0.5) is 0 Å². The van der Waals surface area contributed by atoms with Gasteiger partial charge in [-0.05, 0) is 6.54 Å². The summed E-state index contributed by atoms with van der Waals surface area (Å²) in [5.41, 5.74) is 1.12. The molecule has 1 aliphatic rings. The molecule has 0 saturated carbocycles. The molecule has 0 bridgehead atoms. The second-order valence-electron chi connectivity index (χ2n) is 4.50. The summed E-state index contributed by atoms with van der Waals surface area (Å²) in [5, 5.41) is 5.89. The zero-order valence-electron chi connectivity index (χ0n) is 11.8. The summed E-state index contributed by atoms with van der Waals surface area (Å²) in [5.74, 6) is 2.50. The maximum absolute atomic E-state index is 5.28. The average molecular weight is 319 g/mol. The number of hydrogen-bond donors (Lipinski definition) is 1. The quantitative estimate of drug-likeness (QED) is 0.870. The van der Waals surface area contributed by atoms with Crippen molar-refractivity contribution in [3.8, 4) is 0 Å². The van der Waals surface area contributed by atoms with Crippen LogP contribution in [0.5, 0.6) is 0 Å². The van der Waals surface area contributed by atoms with Crippen LogP contribution in [0.1, 0.15) is 34.7 Å². The fourth-order valence-corrected chi connectivity index (χ4v) is 6.25. The molecule has 2 rings (SSSR count). The van der Waals surface area contributed by atoms with E-state index in [0.717, 1.165) is 18.8 Å². The van der Waals surface area contributed by atoms with E-state index >= 15 is 0 Å². The number of aromatic nitrogens is 1. The number of hydrogen-bond acceptors (Lipinski definition) is 6. The minimum absolute atomic E-state index is 0.551. The first-order valence-electron chi connectivity index (χ1n) is 6.67. The third-order valence-electron chi connectivity index (χ3n) is 3.04. The highest BCUT2D eigenvalue weighted by atomic mass is 32.2. The molecule has 1 aromatic rings. The molecule has 2 unspecified atom stereocenters. The van der Waals surface area contributed by atoms with Gasteiger partial charge in [0.2, 0.25) is 0 Å². The van der Waals surface area contributed by atoms with Gasteiger partial charge in [-0.3, -0.25) is 0 Å². The van der Waals surface area contributed by atoms with Crippen molar-refractivity contribution >= 4 is 34.9 Å². The first-order valence-corrected chi connectivity index (χ1v) is 9.59. The zero-order valence-corrected chi connectivity index (χ0v) is 14.2. The molecule has 1 saturated heterocycles. The summed E-state index contributed by atoms with van der Waals surface area (Å²) in [4.78, 5) is 6.18. The predicted octanol–water partition coefficient (Wildman–Crippen LogP) is 3.31. The molecule has 2 atom stereocenters. The molecule has 2 heterocycles. The molecule has 108 valence electrons. The van der Waals surface area contributed by atoms with Gasteiger partial charge >= 0.3 is 0 Å². The Morgan fingerprint density at radius 1 is 1.37 bits per heavy atom. The van der Waals surface area contributed by atoms with Crippen molar-refractivity contribution in [1.82, 2.24) is 10.3 Å². The summed E-state index contributed by atoms with van der Waals surface area (Å²) >= 11 is 5.98. The largest absolute Gasteiger partial charge is 0.378 e. The highest BCUT2D eigenvalue weighted by molar-refractivity contribution is 8.06. The van der Waals surface area contributed by atoms with Gasteiger partial charge in [-0.25, -0.2) is 4.98 Å². The first-order chi connectivity index (χ1) is 9.26. The molecule has 19 heavy (non-hydrogen) atoms. The Morgan fingerprint density at radius 2 is 2.16 bits per heavy atom. The van der Waals surface area contributed by atoms with Crippen LogP contribution in [-0.2, 0) is 17.9 Å². The Balaban J connectivity index is 2.15. The van der Waals surface area contributed by atoms with Crippen molar-refractivity contribution in [1.29, 1.82) is 0 Å². The number of thiazole rings is 1. The van der Waals surface area contributed by atoms with Crippen LogP contribution in [0, 0.1) is 0 Å². The van der Waals surface area contributed by atoms with Crippen molar-refractivity contribution in [2.75, 3.05) is 25.2 Å². The van der Waals surface area contributed by atoms with Crippen LogP contribution in [0.3, 0.4) is 0 Å². The molecule has 0 aliphatic carbocycles. The number of rotatable bonds is 6. The van der Waals surface area contributed by atoms with Crippen molar-refractivity contribution in [3.05, 3.63) is 15.6 Å². The molecule has 1 N–H and O–H groups in total. The Labute approximate surface area is 128 Å². The average Bonchev–Trinajstić information content (AvgIpc) is 2.80. The van der Waals surface area contributed by atoms with Crippen molar-refractivity contribution < 1.29 is 4.74 Å². The molecule has 1 aromatic heterocycles. The fraction of sp³-hybridized carbons (Fsp3) is 0.769. The minimum Gasteiger partial charge on any atom is -0.378 e. The van der Waals surface area contributed by atoms with Gasteiger partial charge in [0.1, 0.15) is 5.01 Å². The summed E-state index contributed by atoms with van der Waals surface area (Å²) in [6, 6.07) is 0. The van der Waals surface area contributed by atoms with Gasteiger partial charge in [0.25, 0.3) is 0 Å². The maximum Gasteiger partial charge on any atom is 0.107 e. The zero-order chi connectivity index (χ0) is 13.7. The van der Waals surface area contributed by atoms with Crippen LogP contribution in [-0.4, -0.2) is 35.4 Å². The second kappa shape index (κ2) is 7.88. The van der Waals surface area contributed by atoms with E-state index in [2.05, 4.69) is 42.7 Å². The van der Waals surface area contributed by atoms with Crippen LogP contribution in [0.15, 0.2) is 0 Å². The molecule has 3 nitrogen and oxygen atoms in total. The van der Waals surface area contributed by atoms with Crippen LogP contribution in [0.2, 0.25) is 0 Å². The van der Waals surface area contributed by atoms with Crippen molar-refractivity contribution in [2.45, 2.75) is 37.5 Å². The minimum atomic E-state index is 0.551. The van der Waals surface area contributed by atoms with Crippen LogP contribution in [0.25, 0.3) is 0 Å². The lowest BCUT2D eigenvalue weighted by Gasteiger charge is -2.25. The molecule has 1 fully saturated rings. The highest BCUT2D eigenvalue weighted by Gasteiger charge is 2.27. The lowest BCUT2D eigenvalue weighted by Crippen LogP contribution is -2.15. The van der Waals surface area contributed by atoms with Crippen molar-refractivity contribution in [3.63, 3.8) is 0 Å². The standard InChI is InChI=1S/C13H22N2OS3/c1-4-14-7-11-10(8-16-3)15-13(19-11)12-9(2)17-5-6-18-12/h9,12,14H,4-8H2,1-3H3. The smallest absolute Gasteiger partial charge is 0.107 e. The lowest BCUT2D eigenvalue weighted by atomic mass is 10.3. The van der Waals surface area contributed by atoms with Gasteiger partial charge < -0.3 is 10.1 Å². The Kier molecular flexibility index (Phi) is 6.49. The topological polar surface area (TPSA) is 34.2 Å². The van der Waals surface area contributed by atoms with Gasteiger partial charge in [0, 0.05) is 35.3 Å². The van der Waals surface area contributed by atoms with E-state index in [1.807, 2.05) is 11.3 Å². The lowest BCUT2D eigenvalue weighted by molar-refractivity contribution is 0.181. The number of methoxy groups -OCH3 is 1. The number of ether oxygens (including phenoxy) is 1. The van der Waals surface area contributed by atoms with E-state index in [0.29, 0.717) is 17.1 Å². The molecule has 0 spiro atoms. The van der Waals surface area contributed by atoms with Gasteiger partial charge in [-0.15, -0.1) is 23.1 Å². The molecule has 6 heteroatoms. The number of nitrogens with zero attached hydrogens (tertiary/aromatic N) is 1. The summed E-state index contributed by atoms with van der Waals surface area (Å²) in [6.07, 6.45) is 0. The van der Waals surface area contributed by atoms with E-state index in [1.54, 1.807) is 7.11 Å². The normalized spacial score (nSPS) is 23.7. The number of thioether (sulfide) groups is 2. The summed E-state index contributed by atoms with van der Waals surface area (Å²) < 4.78 is 5.28. The molecule has 1 aliphatic heterocycles. The molecular weight excluding hydrogens is 296 g/mol. The molecule has 0 aromatic carbocycles. The summed E-state index contributed by atoms with van der Waals surface area (Å²) in [7, 11) is 1.74. The fourth-order valence-electron chi connectivity index (χ4n) is 2.06. The van der Waals surface area contributed by atoms with E-state index in [9.17, 15) is 0 Å². The first kappa shape index (κ1) is 15.6. The SMILES string of the molecule is CCNCc1sc(C2SCCSC2C)nc1COC. The van der Waals surface area contributed by atoms with Gasteiger partial charge in [-0.2, -0.15) is 11.8 Å². The monoisotopic (exact) mass is 318 g/mol. The Hall–Kier alpha value is 0.250. The predicted molar refractivity (Wildman–Crippen MR) is 87.3 cm³/mol. The van der Waals surface area contributed by atoms with E-state index in [4.69, 9.17) is 9.72 Å². The van der Waals surface area contributed by atoms with E-state index < -0.39 is 0 Å². The Bertz CT molecular complexity index is 397. The maximum atomic E-state index is 5.28. The van der Waals surface area contributed by atoms with Gasteiger partial charge in [0.15, 0.2) is 0 Å².